The molecule has 0 aromatic heterocycles. The van der Waals surface area contributed by atoms with E-state index in [1.165, 1.54) is 11.1 Å². The molecule has 2 aliphatic carbocycles. The summed E-state index contributed by atoms with van der Waals surface area (Å²) in [6.07, 6.45) is 0. The summed E-state index contributed by atoms with van der Waals surface area (Å²) in [4.78, 5) is 2.12. The van der Waals surface area contributed by atoms with Crippen molar-refractivity contribution in [3.63, 3.8) is 0 Å². The van der Waals surface area contributed by atoms with Crippen LogP contribution < -0.4 is 0 Å². The number of hydrogen-bond acceptors (Lipinski definition) is 1. The lowest BCUT2D eigenvalue weighted by molar-refractivity contribution is 0.434. The van der Waals surface area contributed by atoms with Gasteiger partial charge in [-0.1, -0.05) is 31.2 Å². The van der Waals surface area contributed by atoms with Gasteiger partial charge in [0, 0.05) is 0 Å². The summed E-state index contributed by atoms with van der Waals surface area (Å²) in [7, 11) is 4.11. The van der Waals surface area contributed by atoms with Crippen molar-refractivity contribution in [1.82, 2.24) is 4.90 Å². The predicted octanol–water partition coefficient (Wildman–Crippen LogP) is 2.23. The second-order valence-corrected chi connectivity index (χ2v) is 2.97. The van der Waals surface area contributed by atoms with Crippen LogP contribution in [-0.4, -0.2) is 25.5 Å². The van der Waals surface area contributed by atoms with Gasteiger partial charge in [0.2, 0.25) is 0 Å². The molecule has 0 saturated heterocycles. The topological polar surface area (TPSA) is 3.24 Å². The second-order valence-electron chi connectivity index (χ2n) is 2.97. The highest BCUT2D eigenvalue weighted by atomic mass is 15.0. The summed E-state index contributed by atoms with van der Waals surface area (Å²) in [6.45, 7) is 3.26. The first-order valence-electron chi connectivity index (χ1n) is 3.99. The lowest BCUT2D eigenvalue weighted by Crippen LogP contribution is -2.08. The van der Waals surface area contributed by atoms with Gasteiger partial charge in [-0.05, 0) is 31.8 Å². The van der Waals surface area contributed by atoms with E-state index in [9.17, 15) is 0 Å². The lowest BCUT2D eigenvalue weighted by Gasteiger charge is -2.10. The maximum absolute atomic E-state index is 2.12. The van der Waals surface area contributed by atoms with E-state index in [0.29, 0.717) is 0 Å². The first-order valence-corrected chi connectivity index (χ1v) is 3.99. The average molecular weight is 149 g/mol. The van der Waals surface area contributed by atoms with Crippen LogP contribution in [0.2, 0.25) is 0 Å². The van der Waals surface area contributed by atoms with Crippen LogP contribution in [0.4, 0.5) is 0 Å². The molecule has 2 rings (SSSR count). The number of hydrogen-bond donors (Lipinski definition) is 0. The zero-order valence-corrected chi connectivity index (χ0v) is 7.46. The van der Waals surface area contributed by atoms with E-state index < -0.39 is 0 Å². The Hall–Kier alpha value is -0.820. The van der Waals surface area contributed by atoms with E-state index >= 15 is 0 Å². The van der Waals surface area contributed by atoms with Gasteiger partial charge < -0.3 is 4.90 Å². The third-order valence-electron chi connectivity index (χ3n) is 1.85. The highest BCUT2D eigenvalue weighted by molar-refractivity contribution is 5.75. The van der Waals surface area contributed by atoms with Crippen LogP contribution in [0.5, 0.6) is 0 Å². The van der Waals surface area contributed by atoms with Crippen LogP contribution >= 0.6 is 0 Å². The SMILES string of the molecule is CCN(C)C.c1cc2ccc1-2. The van der Waals surface area contributed by atoms with Gasteiger partial charge in [-0.2, -0.15) is 0 Å². The van der Waals surface area contributed by atoms with E-state index in [2.05, 4.69) is 50.2 Å². The van der Waals surface area contributed by atoms with E-state index in [-0.39, 0.29) is 0 Å². The smallest absolute Gasteiger partial charge is 0.00533 e. The first-order chi connectivity index (χ1) is 5.24. The fourth-order valence-corrected chi connectivity index (χ4v) is 0.663. The van der Waals surface area contributed by atoms with Gasteiger partial charge in [-0.25, -0.2) is 0 Å². The summed E-state index contributed by atoms with van der Waals surface area (Å²) < 4.78 is 0. The molecule has 1 nitrogen and oxygen atoms in total. The maximum Gasteiger partial charge on any atom is -0.00533 e. The van der Waals surface area contributed by atoms with Crippen molar-refractivity contribution in [3.05, 3.63) is 24.3 Å². The molecule has 0 amide bonds. The number of fused-ring (bicyclic) bond motifs is 1. The fraction of sp³-hybridized carbons (Fsp3) is 0.400. The Balaban J connectivity index is 0.000000114. The monoisotopic (exact) mass is 149 g/mol. The molecule has 0 aliphatic heterocycles. The summed E-state index contributed by atoms with van der Waals surface area (Å²) >= 11 is 0. The third-order valence-corrected chi connectivity index (χ3v) is 1.85. The number of rotatable bonds is 1. The Morgan fingerprint density at radius 1 is 1.00 bits per heavy atom. The summed E-state index contributed by atoms with van der Waals surface area (Å²) in [5.41, 5.74) is 2.85. The molecule has 11 heavy (non-hydrogen) atoms. The molecule has 60 valence electrons. The van der Waals surface area contributed by atoms with Crippen LogP contribution in [0.3, 0.4) is 0 Å². The fourth-order valence-electron chi connectivity index (χ4n) is 0.663. The van der Waals surface area contributed by atoms with Crippen molar-refractivity contribution in [1.29, 1.82) is 0 Å². The third kappa shape index (κ3) is 2.05. The molecule has 0 aromatic carbocycles. The highest BCUT2D eigenvalue weighted by Crippen LogP contribution is 2.29. The van der Waals surface area contributed by atoms with E-state index in [1.54, 1.807) is 0 Å². The van der Waals surface area contributed by atoms with Crippen LogP contribution in [0.15, 0.2) is 24.3 Å². The predicted molar refractivity (Wildman–Crippen MR) is 49.7 cm³/mol. The van der Waals surface area contributed by atoms with Crippen molar-refractivity contribution in [2.75, 3.05) is 20.6 Å². The Morgan fingerprint density at radius 2 is 1.27 bits per heavy atom. The lowest BCUT2D eigenvalue weighted by atomic mass is 9.95. The molecular formula is C10H15N. The zero-order chi connectivity index (χ0) is 8.27. The average Bonchev–Trinajstić information content (AvgIpc) is 1.98. The Kier molecular flexibility index (Phi) is 2.66. The van der Waals surface area contributed by atoms with Gasteiger partial charge in [0.05, 0.1) is 0 Å². The molecule has 0 saturated carbocycles. The van der Waals surface area contributed by atoms with Crippen molar-refractivity contribution >= 4 is 0 Å². The molecule has 0 unspecified atom stereocenters. The van der Waals surface area contributed by atoms with Gasteiger partial charge in [0.25, 0.3) is 0 Å². The van der Waals surface area contributed by atoms with Crippen molar-refractivity contribution in [2.24, 2.45) is 0 Å². The number of nitrogens with zero attached hydrogens (tertiary/aromatic N) is 1. The summed E-state index contributed by atoms with van der Waals surface area (Å²) in [5.74, 6) is 0. The molecule has 1 heteroatoms. The Bertz CT molecular complexity index is 190. The van der Waals surface area contributed by atoms with Gasteiger partial charge in [-0.15, -0.1) is 0 Å². The second kappa shape index (κ2) is 3.54. The maximum atomic E-state index is 2.12. The molecule has 2 aliphatic rings. The van der Waals surface area contributed by atoms with Crippen LogP contribution in [0, 0.1) is 0 Å². The summed E-state index contributed by atoms with van der Waals surface area (Å²) in [5, 5.41) is 0. The minimum absolute atomic E-state index is 1.14. The molecule has 0 spiro atoms. The Morgan fingerprint density at radius 3 is 1.27 bits per heavy atom. The molecule has 0 radical (unpaired) electrons. The van der Waals surface area contributed by atoms with E-state index in [0.717, 1.165) is 6.54 Å². The van der Waals surface area contributed by atoms with Crippen LogP contribution in [0.25, 0.3) is 11.1 Å². The zero-order valence-electron chi connectivity index (χ0n) is 7.46. The normalized spacial score (nSPS) is 10.5. The Labute approximate surface area is 68.7 Å². The van der Waals surface area contributed by atoms with Gasteiger partial charge in [0.15, 0.2) is 0 Å². The summed E-state index contributed by atoms with van der Waals surface area (Å²) in [6, 6.07) is 8.48. The van der Waals surface area contributed by atoms with Crippen LogP contribution in [0.1, 0.15) is 6.92 Å². The van der Waals surface area contributed by atoms with Crippen molar-refractivity contribution in [3.8, 4) is 11.1 Å². The minimum Gasteiger partial charge on any atom is -0.310 e. The number of benzene rings is 1. The molecule has 0 N–H and O–H groups in total. The molecule has 0 heterocycles. The molecule has 0 aromatic rings. The van der Waals surface area contributed by atoms with E-state index in [4.69, 9.17) is 0 Å². The molecular weight excluding hydrogens is 134 g/mol. The largest absolute Gasteiger partial charge is 0.310 e. The molecule has 0 fully saturated rings. The van der Waals surface area contributed by atoms with Crippen molar-refractivity contribution in [2.45, 2.75) is 6.92 Å². The van der Waals surface area contributed by atoms with Crippen LogP contribution in [-0.2, 0) is 0 Å². The highest BCUT2D eigenvalue weighted by Gasteiger charge is 2.03. The quantitative estimate of drug-likeness (QED) is 0.601. The molecule has 0 atom stereocenters. The van der Waals surface area contributed by atoms with Gasteiger partial charge in [-0.3, -0.25) is 0 Å². The standard InChI is InChI=1S/C6H4.C4H11N/c1-2-6-4-3-5(1)6;1-4-5(2)3/h1-4H;4H2,1-3H3. The van der Waals surface area contributed by atoms with E-state index in [1.807, 2.05) is 0 Å². The van der Waals surface area contributed by atoms with Crippen molar-refractivity contribution < 1.29 is 0 Å². The molecule has 0 bridgehead atoms. The van der Waals surface area contributed by atoms with Gasteiger partial charge >= 0.3 is 0 Å². The van der Waals surface area contributed by atoms with Gasteiger partial charge in [0.1, 0.15) is 0 Å². The first kappa shape index (κ1) is 8.28. The minimum atomic E-state index is 1.14.